The predicted molar refractivity (Wildman–Crippen MR) is 64.7 cm³/mol. The average Bonchev–Trinajstić information content (AvgIpc) is 2.78. The van der Waals surface area contributed by atoms with E-state index in [0.717, 1.165) is 10.7 Å². The van der Waals surface area contributed by atoms with Crippen LogP contribution in [0.4, 0.5) is 0 Å². The van der Waals surface area contributed by atoms with Crippen molar-refractivity contribution in [1.82, 2.24) is 9.55 Å². The molecule has 1 aliphatic carbocycles. The highest BCUT2D eigenvalue weighted by atomic mass is 32.1. The maximum absolute atomic E-state index is 5.39. The van der Waals surface area contributed by atoms with Gasteiger partial charge in [-0.1, -0.05) is 19.1 Å². The van der Waals surface area contributed by atoms with Crippen molar-refractivity contribution in [2.24, 2.45) is 5.92 Å². The summed E-state index contributed by atoms with van der Waals surface area (Å²) in [6.45, 7) is 4.40. The van der Waals surface area contributed by atoms with Gasteiger partial charge >= 0.3 is 0 Å². The summed E-state index contributed by atoms with van der Waals surface area (Å²) in [6, 6.07) is 6.99. The van der Waals surface area contributed by atoms with Crippen LogP contribution in [-0.2, 0) is 0 Å². The summed E-state index contributed by atoms with van der Waals surface area (Å²) in [5.41, 5.74) is 3.72. The molecule has 15 heavy (non-hydrogen) atoms. The summed E-state index contributed by atoms with van der Waals surface area (Å²) in [5, 5.41) is 0. The summed E-state index contributed by atoms with van der Waals surface area (Å²) in [6.07, 6.45) is 1.26. The molecule has 0 amide bonds. The number of hydrogen-bond donors (Lipinski definition) is 1. The van der Waals surface area contributed by atoms with Crippen molar-refractivity contribution in [3.05, 3.63) is 28.5 Å². The molecule has 2 atom stereocenters. The summed E-state index contributed by atoms with van der Waals surface area (Å²) in [4.78, 5) is 3.31. The minimum Gasteiger partial charge on any atom is -0.330 e. The molecule has 2 aromatic rings. The van der Waals surface area contributed by atoms with Gasteiger partial charge in [-0.3, -0.25) is 0 Å². The van der Waals surface area contributed by atoms with Crippen LogP contribution in [0.5, 0.6) is 0 Å². The molecule has 1 N–H and O–H groups in total. The molecule has 1 aliphatic rings. The van der Waals surface area contributed by atoms with Crippen molar-refractivity contribution in [3.63, 3.8) is 0 Å². The van der Waals surface area contributed by atoms with Crippen molar-refractivity contribution in [3.8, 4) is 0 Å². The maximum atomic E-state index is 5.39. The molecule has 1 fully saturated rings. The van der Waals surface area contributed by atoms with Crippen LogP contribution in [0, 0.1) is 17.6 Å². The second-order valence-electron chi connectivity index (χ2n) is 4.55. The Morgan fingerprint density at radius 3 is 2.87 bits per heavy atom. The van der Waals surface area contributed by atoms with Gasteiger partial charge in [-0.05, 0) is 43.1 Å². The van der Waals surface area contributed by atoms with E-state index < -0.39 is 0 Å². The normalized spacial score (nSPS) is 24.7. The van der Waals surface area contributed by atoms with Gasteiger partial charge in [0.05, 0.1) is 11.0 Å². The van der Waals surface area contributed by atoms with E-state index in [4.69, 9.17) is 12.2 Å². The minimum absolute atomic E-state index is 0.619. The van der Waals surface area contributed by atoms with Gasteiger partial charge in [0.2, 0.25) is 0 Å². The van der Waals surface area contributed by atoms with E-state index in [2.05, 4.69) is 41.6 Å². The lowest BCUT2D eigenvalue weighted by Gasteiger charge is -2.02. The second-order valence-corrected chi connectivity index (χ2v) is 4.94. The molecule has 1 aromatic heterocycles. The number of H-pyrrole nitrogens is 1. The van der Waals surface area contributed by atoms with Crippen LogP contribution in [0.15, 0.2) is 18.2 Å². The molecular formula is C12H14N2S. The lowest BCUT2D eigenvalue weighted by molar-refractivity contribution is 0.695. The quantitative estimate of drug-likeness (QED) is 0.725. The molecule has 1 aromatic carbocycles. The Morgan fingerprint density at radius 1 is 1.47 bits per heavy atom. The van der Waals surface area contributed by atoms with Crippen molar-refractivity contribution in [1.29, 1.82) is 0 Å². The molecule has 2 nitrogen and oxygen atoms in total. The van der Waals surface area contributed by atoms with Gasteiger partial charge < -0.3 is 9.55 Å². The molecule has 0 aliphatic heterocycles. The lowest BCUT2D eigenvalue weighted by Crippen LogP contribution is -1.94. The average molecular weight is 218 g/mol. The third-order valence-electron chi connectivity index (χ3n) is 3.36. The number of rotatable bonds is 1. The highest BCUT2D eigenvalue weighted by Gasteiger charge is 2.35. The van der Waals surface area contributed by atoms with E-state index in [1.54, 1.807) is 0 Å². The van der Waals surface area contributed by atoms with Crippen molar-refractivity contribution in [2.45, 2.75) is 26.3 Å². The highest BCUT2D eigenvalue weighted by Crippen LogP contribution is 2.44. The van der Waals surface area contributed by atoms with Gasteiger partial charge in [0.1, 0.15) is 0 Å². The molecule has 3 rings (SSSR count). The van der Waals surface area contributed by atoms with E-state index in [1.165, 1.54) is 23.0 Å². The van der Waals surface area contributed by atoms with Crippen molar-refractivity contribution >= 4 is 23.3 Å². The van der Waals surface area contributed by atoms with Crippen LogP contribution in [0.1, 0.15) is 24.9 Å². The third-order valence-corrected chi connectivity index (χ3v) is 3.66. The number of nitrogens with zero attached hydrogens (tertiary/aromatic N) is 1. The Balaban J connectivity index is 2.34. The van der Waals surface area contributed by atoms with Gasteiger partial charge in [-0.2, -0.15) is 0 Å². The summed E-state index contributed by atoms with van der Waals surface area (Å²) in [7, 11) is 0. The molecule has 0 radical (unpaired) electrons. The van der Waals surface area contributed by atoms with E-state index in [9.17, 15) is 0 Å². The zero-order valence-electron chi connectivity index (χ0n) is 8.95. The van der Waals surface area contributed by atoms with Crippen LogP contribution in [0.3, 0.4) is 0 Å². The number of benzene rings is 1. The Kier molecular flexibility index (Phi) is 1.80. The smallest absolute Gasteiger partial charge is 0.178 e. The first-order valence-electron chi connectivity index (χ1n) is 5.38. The van der Waals surface area contributed by atoms with Crippen LogP contribution < -0.4 is 0 Å². The number of nitrogens with one attached hydrogen (secondary N) is 1. The molecule has 1 saturated carbocycles. The van der Waals surface area contributed by atoms with Gasteiger partial charge in [0, 0.05) is 6.04 Å². The number of para-hydroxylation sites is 1. The monoisotopic (exact) mass is 218 g/mol. The van der Waals surface area contributed by atoms with E-state index in [1.807, 2.05) is 0 Å². The number of aromatic nitrogens is 2. The first-order valence-corrected chi connectivity index (χ1v) is 5.79. The fraction of sp³-hybridized carbons (Fsp3) is 0.417. The first kappa shape index (κ1) is 9.16. The van der Waals surface area contributed by atoms with Crippen LogP contribution in [0.25, 0.3) is 11.0 Å². The molecule has 78 valence electrons. The Morgan fingerprint density at radius 2 is 2.20 bits per heavy atom. The number of hydrogen-bond acceptors (Lipinski definition) is 1. The van der Waals surface area contributed by atoms with Gasteiger partial charge in [0.15, 0.2) is 4.77 Å². The van der Waals surface area contributed by atoms with E-state index >= 15 is 0 Å². The van der Waals surface area contributed by atoms with Gasteiger partial charge in [-0.15, -0.1) is 0 Å². The molecule has 1 heterocycles. The number of aryl methyl sites for hydroxylation is 1. The predicted octanol–water partition coefficient (Wildman–Crippen LogP) is 3.59. The molecule has 3 heteroatoms. The third kappa shape index (κ3) is 1.26. The summed E-state index contributed by atoms with van der Waals surface area (Å²) < 4.78 is 3.15. The summed E-state index contributed by atoms with van der Waals surface area (Å²) in [5.74, 6) is 0.774. The second kappa shape index (κ2) is 2.95. The Labute approximate surface area is 93.9 Å². The van der Waals surface area contributed by atoms with E-state index in [0.29, 0.717) is 6.04 Å². The SMILES string of the molecule is Cc1cccc2c1[nH]c(=S)n2C1CC1C. The topological polar surface area (TPSA) is 20.7 Å². The van der Waals surface area contributed by atoms with Crippen molar-refractivity contribution < 1.29 is 0 Å². The number of fused-ring (bicyclic) bond motifs is 1. The van der Waals surface area contributed by atoms with Crippen molar-refractivity contribution in [2.75, 3.05) is 0 Å². The van der Waals surface area contributed by atoms with Crippen LogP contribution in [0.2, 0.25) is 0 Å². The summed E-state index contributed by atoms with van der Waals surface area (Å²) >= 11 is 5.39. The number of imidazole rings is 1. The fourth-order valence-corrected chi connectivity index (χ4v) is 2.62. The lowest BCUT2D eigenvalue weighted by atomic mass is 10.2. The minimum atomic E-state index is 0.619. The molecule has 0 bridgehead atoms. The van der Waals surface area contributed by atoms with Gasteiger partial charge in [0.25, 0.3) is 0 Å². The first-order chi connectivity index (χ1) is 7.18. The zero-order valence-corrected chi connectivity index (χ0v) is 9.77. The molecular weight excluding hydrogens is 204 g/mol. The zero-order chi connectivity index (χ0) is 10.6. The number of aromatic amines is 1. The Hall–Kier alpha value is -1.09. The Bertz CT molecular complexity index is 579. The molecule has 0 spiro atoms. The fourth-order valence-electron chi connectivity index (χ4n) is 2.28. The maximum Gasteiger partial charge on any atom is 0.178 e. The van der Waals surface area contributed by atoms with Gasteiger partial charge in [-0.25, -0.2) is 0 Å². The largest absolute Gasteiger partial charge is 0.330 e. The van der Waals surface area contributed by atoms with E-state index in [-0.39, 0.29) is 0 Å². The van der Waals surface area contributed by atoms with Crippen LogP contribution in [-0.4, -0.2) is 9.55 Å². The molecule has 0 saturated heterocycles. The molecule has 2 unspecified atom stereocenters. The standard InChI is InChI=1S/C12H14N2S/c1-7-4-3-5-9-11(7)13-12(15)14(9)10-6-8(10)2/h3-5,8,10H,6H2,1-2H3,(H,13,15). The highest BCUT2D eigenvalue weighted by molar-refractivity contribution is 7.71. The van der Waals surface area contributed by atoms with Crippen LogP contribution >= 0.6 is 12.2 Å².